The monoisotopic (exact) mass is 214 g/mol. The van der Waals surface area contributed by atoms with Gasteiger partial charge in [0, 0.05) is 26.6 Å². The second-order valence-electron chi connectivity index (χ2n) is 3.94. The van der Waals surface area contributed by atoms with Crippen LogP contribution < -0.4 is 0 Å². The summed E-state index contributed by atoms with van der Waals surface area (Å²) in [6.45, 7) is 2.98. The quantitative estimate of drug-likeness (QED) is 0.655. The van der Waals surface area contributed by atoms with E-state index >= 15 is 0 Å². The van der Waals surface area contributed by atoms with E-state index < -0.39 is 5.97 Å². The number of hydrogen-bond acceptors (Lipinski definition) is 3. The Morgan fingerprint density at radius 2 is 2.13 bits per heavy atom. The van der Waals surface area contributed by atoms with Gasteiger partial charge in [-0.2, -0.15) is 0 Å². The molecule has 1 rings (SSSR count). The molecule has 0 spiro atoms. The van der Waals surface area contributed by atoms with Crippen LogP contribution in [0.3, 0.4) is 0 Å². The second-order valence-corrected chi connectivity index (χ2v) is 3.94. The van der Waals surface area contributed by atoms with Crippen molar-refractivity contribution in [3.8, 4) is 0 Å². The zero-order chi connectivity index (χ0) is 11.3. The third-order valence-corrected chi connectivity index (χ3v) is 2.65. The summed E-state index contributed by atoms with van der Waals surface area (Å²) in [6, 6.07) is 0. The van der Waals surface area contributed by atoms with E-state index in [2.05, 4.69) is 4.90 Å². The van der Waals surface area contributed by atoms with Gasteiger partial charge in [-0.1, -0.05) is 0 Å². The first-order valence-corrected chi connectivity index (χ1v) is 5.27. The normalized spacial score (nSPS) is 18.2. The number of carboxylic acid groups (broad SMARTS) is 1. The summed E-state index contributed by atoms with van der Waals surface area (Å²) < 4.78 is 0. The van der Waals surface area contributed by atoms with Crippen LogP contribution in [0.5, 0.6) is 0 Å². The van der Waals surface area contributed by atoms with E-state index in [9.17, 15) is 9.59 Å². The SMILES string of the molecule is CN1CCN(CCCCC(=O)O)CC1=O. The van der Waals surface area contributed by atoms with Gasteiger partial charge in [-0.05, 0) is 19.4 Å². The predicted octanol–water partition coefficient (Wildman–Crippen LogP) is 0.0153. The Morgan fingerprint density at radius 1 is 1.40 bits per heavy atom. The molecule has 5 heteroatoms. The molecule has 0 radical (unpaired) electrons. The number of piperazine rings is 1. The Kier molecular flexibility index (Phi) is 4.55. The Morgan fingerprint density at radius 3 is 2.73 bits per heavy atom. The van der Waals surface area contributed by atoms with E-state index in [4.69, 9.17) is 5.11 Å². The van der Waals surface area contributed by atoms with Crippen LogP contribution in [0.2, 0.25) is 0 Å². The van der Waals surface area contributed by atoms with Gasteiger partial charge < -0.3 is 10.0 Å². The first-order chi connectivity index (χ1) is 7.09. The lowest BCUT2D eigenvalue weighted by Gasteiger charge is -2.31. The average Bonchev–Trinajstić information content (AvgIpc) is 2.18. The highest BCUT2D eigenvalue weighted by Gasteiger charge is 2.19. The number of amides is 1. The number of aliphatic carboxylic acids is 1. The number of carbonyl (C=O) groups is 2. The number of rotatable bonds is 5. The number of hydrogen-bond donors (Lipinski definition) is 1. The molecule has 1 amide bonds. The Bertz CT molecular complexity index is 243. The molecule has 0 saturated carbocycles. The number of carboxylic acids is 1. The molecule has 1 saturated heterocycles. The van der Waals surface area contributed by atoms with Gasteiger partial charge in [0.25, 0.3) is 0 Å². The molecule has 0 bridgehead atoms. The van der Waals surface area contributed by atoms with Gasteiger partial charge in [-0.15, -0.1) is 0 Å². The summed E-state index contributed by atoms with van der Waals surface area (Å²) >= 11 is 0. The van der Waals surface area contributed by atoms with Gasteiger partial charge >= 0.3 is 5.97 Å². The molecule has 1 N–H and O–H groups in total. The number of likely N-dealkylation sites (N-methyl/N-ethyl adjacent to an activating group) is 1. The average molecular weight is 214 g/mol. The third kappa shape index (κ3) is 4.29. The van der Waals surface area contributed by atoms with Crippen molar-refractivity contribution in [2.75, 3.05) is 33.2 Å². The van der Waals surface area contributed by atoms with Crippen molar-refractivity contribution in [3.63, 3.8) is 0 Å². The Hall–Kier alpha value is -1.10. The fourth-order valence-corrected chi connectivity index (χ4v) is 1.61. The van der Waals surface area contributed by atoms with Crippen LogP contribution in [0, 0.1) is 0 Å². The molecular formula is C10H18N2O3. The van der Waals surface area contributed by atoms with Gasteiger partial charge in [-0.25, -0.2) is 0 Å². The summed E-state index contributed by atoms with van der Waals surface area (Å²) in [5.41, 5.74) is 0. The molecule has 1 aliphatic rings. The van der Waals surface area contributed by atoms with E-state index in [1.807, 2.05) is 7.05 Å². The van der Waals surface area contributed by atoms with Crippen LogP contribution in [0.1, 0.15) is 19.3 Å². The van der Waals surface area contributed by atoms with Crippen molar-refractivity contribution in [3.05, 3.63) is 0 Å². The topological polar surface area (TPSA) is 60.9 Å². The summed E-state index contributed by atoms with van der Waals surface area (Å²) in [5, 5.41) is 8.45. The van der Waals surface area contributed by atoms with Crippen LogP contribution in [0.15, 0.2) is 0 Å². The minimum Gasteiger partial charge on any atom is -0.481 e. The van der Waals surface area contributed by atoms with Gasteiger partial charge in [-0.3, -0.25) is 14.5 Å². The van der Waals surface area contributed by atoms with Crippen molar-refractivity contribution < 1.29 is 14.7 Å². The molecule has 0 aromatic rings. The number of unbranched alkanes of at least 4 members (excludes halogenated alkanes) is 1. The fourth-order valence-electron chi connectivity index (χ4n) is 1.61. The lowest BCUT2D eigenvalue weighted by Crippen LogP contribution is -2.48. The van der Waals surface area contributed by atoms with Crippen LogP contribution in [0.25, 0.3) is 0 Å². The van der Waals surface area contributed by atoms with Crippen molar-refractivity contribution in [1.29, 1.82) is 0 Å². The minimum atomic E-state index is -0.746. The molecule has 0 aromatic heterocycles. The molecular weight excluding hydrogens is 196 g/mol. The lowest BCUT2D eigenvalue weighted by atomic mass is 10.2. The predicted molar refractivity (Wildman–Crippen MR) is 55.6 cm³/mol. The van der Waals surface area contributed by atoms with E-state index in [0.29, 0.717) is 13.0 Å². The van der Waals surface area contributed by atoms with E-state index in [1.54, 1.807) is 4.90 Å². The first-order valence-electron chi connectivity index (χ1n) is 5.27. The maximum atomic E-state index is 11.3. The van der Waals surface area contributed by atoms with Gasteiger partial charge in [0.2, 0.25) is 5.91 Å². The number of carbonyl (C=O) groups excluding carboxylic acids is 1. The molecule has 15 heavy (non-hydrogen) atoms. The molecule has 1 heterocycles. The molecule has 0 atom stereocenters. The zero-order valence-corrected chi connectivity index (χ0v) is 9.11. The van der Waals surface area contributed by atoms with Crippen LogP contribution in [-0.4, -0.2) is 60.0 Å². The molecule has 0 aliphatic carbocycles. The van der Waals surface area contributed by atoms with Gasteiger partial charge in [0.05, 0.1) is 6.54 Å². The Balaban J connectivity index is 2.12. The summed E-state index contributed by atoms with van der Waals surface area (Å²) in [6.07, 6.45) is 1.76. The van der Waals surface area contributed by atoms with Crippen molar-refractivity contribution in [2.45, 2.75) is 19.3 Å². The maximum Gasteiger partial charge on any atom is 0.303 e. The van der Waals surface area contributed by atoms with Crippen molar-refractivity contribution >= 4 is 11.9 Å². The third-order valence-electron chi connectivity index (χ3n) is 2.65. The summed E-state index contributed by atoms with van der Waals surface area (Å²) in [4.78, 5) is 25.4. The highest BCUT2D eigenvalue weighted by molar-refractivity contribution is 5.78. The van der Waals surface area contributed by atoms with Gasteiger partial charge in [0.15, 0.2) is 0 Å². The van der Waals surface area contributed by atoms with Crippen LogP contribution >= 0.6 is 0 Å². The standard InChI is InChI=1S/C10H18N2O3/c1-11-6-7-12(8-9(11)13)5-3-2-4-10(14)15/h2-8H2,1H3,(H,14,15). The summed E-state index contributed by atoms with van der Waals surface area (Å²) in [5.74, 6) is -0.594. The van der Waals surface area contributed by atoms with E-state index in [0.717, 1.165) is 26.1 Å². The van der Waals surface area contributed by atoms with Crippen molar-refractivity contribution in [1.82, 2.24) is 9.80 Å². The largest absolute Gasteiger partial charge is 0.481 e. The Labute approximate surface area is 89.7 Å². The number of nitrogens with zero attached hydrogens (tertiary/aromatic N) is 2. The van der Waals surface area contributed by atoms with Crippen molar-refractivity contribution in [2.24, 2.45) is 0 Å². The highest BCUT2D eigenvalue weighted by atomic mass is 16.4. The van der Waals surface area contributed by atoms with Crippen LogP contribution in [-0.2, 0) is 9.59 Å². The molecule has 0 unspecified atom stereocenters. The first kappa shape index (κ1) is 12.0. The smallest absolute Gasteiger partial charge is 0.303 e. The molecule has 86 valence electrons. The molecule has 5 nitrogen and oxygen atoms in total. The maximum absolute atomic E-state index is 11.3. The van der Waals surface area contributed by atoms with E-state index in [1.165, 1.54) is 0 Å². The van der Waals surface area contributed by atoms with Gasteiger partial charge in [0.1, 0.15) is 0 Å². The van der Waals surface area contributed by atoms with E-state index in [-0.39, 0.29) is 12.3 Å². The lowest BCUT2D eigenvalue weighted by molar-refractivity contribution is -0.137. The summed E-state index contributed by atoms with van der Waals surface area (Å²) in [7, 11) is 1.81. The second kappa shape index (κ2) is 5.70. The fraction of sp³-hybridized carbons (Fsp3) is 0.800. The minimum absolute atomic E-state index is 0.152. The zero-order valence-electron chi connectivity index (χ0n) is 9.11. The van der Waals surface area contributed by atoms with Crippen LogP contribution in [0.4, 0.5) is 0 Å². The molecule has 1 aliphatic heterocycles. The molecule has 1 fully saturated rings. The molecule has 0 aromatic carbocycles. The highest BCUT2D eigenvalue weighted by Crippen LogP contribution is 2.04.